The van der Waals surface area contributed by atoms with Gasteiger partial charge in [0.2, 0.25) is 5.91 Å². The summed E-state index contributed by atoms with van der Waals surface area (Å²) in [6, 6.07) is -0.0669. The molecule has 100 valence electrons. The quantitative estimate of drug-likeness (QED) is 0.787. The monoisotopic (exact) mass is 251 g/mol. The molecule has 1 heterocycles. The van der Waals surface area contributed by atoms with Crippen molar-refractivity contribution in [2.75, 3.05) is 0 Å². The van der Waals surface area contributed by atoms with Crippen LogP contribution in [0.2, 0.25) is 0 Å². The fraction of sp³-hybridized carbons (Fsp3) is 0.692. The molecular formula is C13H21N3O2. The summed E-state index contributed by atoms with van der Waals surface area (Å²) in [7, 11) is 0. The summed E-state index contributed by atoms with van der Waals surface area (Å²) in [5, 5.41) is 12.9. The maximum atomic E-state index is 11.8. The Hall–Kier alpha value is -1.36. The number of imidazole rings is 1. The predicted octanol–water partition coefficient (Wildman–Crippen LogP) is 1.08. The van der Waals surface area contributed by atoms with E-state index in [2.05, 4.69) is 10.3 Å². The number of hydrogen-bond acceptors (Lipinski definition) is 3. The normalized spacial score (nSPS) is 24.5. The smallest absolute Gasteiger partial charge is 0.222 e. The maximum absolute atomic E-state index is 11.8. The number of aryl methyl sites for hydroxylation is 1. The van der Waals surface area contributed by atoms with E-state index < -0.39 is 0 Å². The first kappa shape index (κ1) is 13.1. The van der Waals surface area contributed by atoms with Crippen LogP contribution in [0.5, 0.6) is 0 Å². The van der Waals surface area contributed by atoms with Crippen LogP contribution in [0.25, 0.3) is 0 Å². The second-order valence-electron chi connectivity index (χ2n) is 4.93. The molecule has 1 aromatic heterocycles. The molecule has 1 amide bonds. The topological polar surface area (TPSA) is 67.2 Å². The van der Waals surface area contributed by atoms with Crippen LogP contribution in [0.15, 0.2) is 18.7 Å². The van der Waals surface area contributed by atoms with Gasteiger partial charge in [0.15, 0.2) is 0 Å². The zero-order valence-corrected chi connectivity index (χ0v) is 10.6. The Balaban J connectivity index is 1.75. The molecule has 1 aliphatic carbocycles. The van der Waals surface area contributed by atoms with E-state index in [0.29, 0.717) is 13.0 Å². The lowest BCUT2D eigenvalue weighted by atomic mass is 10.1. The van der Waals surface area contributed by atoms with E-state index in [4.69, 9.17) is 0 Å². The number of aromatic nitrogens is 2. The average Bonchev–Trinajstić information content (AvgIpc) is 2.80. The van der Waals surface area contributed by atoms with Gasteiger partial charge in [0.1, 0.15) is 0 Å². The van der Waals surface area contributed by atoms with Gasteiger partial charge in [0.25, 0.3) is 0 Å². The molecule has 2 N–H and O–H groups in total. The van der Waals surface area contributed by atoms with Crippen LogP contribution in [-0.2, 0) is 11.3 Å². The molecule has 18 heavy (non-hydrogen) atoms. The lowest BCUT2D eigenvalue weighted by Crippen LogP contribution is -2.42. The fourth-order valence-electron chi connectivity index (χ4n) is 2.39. The highest BCUT2D eigenvalue weighted by molar-refractivity contribution is 5.76. The lowest BCUT2D eigenvalue weighted by Gasteiger charge is -2.21. The molecular weight excluding hydrogens is 230 g/mol. The van der Waals surface area contributed by atoms with Crippen LogP contribution in [-0.4, -0.2) is 32.7 Å². The molecule has 0 spiro atoms. The SMILES string of the molecule is O=C(CCn1ccnc1)NC1CCCCCC1O. The summed E-state index contributed by atoms with van der Waals surface area (Å²) in [5.41, 5.74) is 0. The molecule has 5 heteroatoms. The number of nitrogens with one attached hydrogen (secondary N) is 1. The summed E-state index contributed by atoms with van der Waals surface area (Å²) >= 11 is 0. The standard InChI is InChI=1S/C13H21N3O2/c17-12-5-3-1-2-4-11(12)15-13(18)6-8-16-9-7-14-10-16/h7,9-12,17H,1-6,8H2,(H,15,18). The third-order valence-electron chi connectivity index (χ3n) is 3.48. The molecule has 1 saturated carbocycles. The minimum atomic E-state index is -0.385. The van der Waals surface area contributed by atoms with E-state index in [0.717, 1.165) is 32.1 Å². The Morgan fingerprint density at radius 3 is 3.00 bits per heavy atom. The minimum absolute atomic E-state index is 0.00894. The summed E-state index contributed by atoms with van der Waals surface area (Å²) in [6.45, 7) is 0.634. The summed E-state index contributed by atoms with van der Waals surface area (Å²) in [5.74, 6) is 0.00894. The molecule has 0 bridgehead atoms. The zero-order chi connectivity index (χ0) is 12.8. The van der Waals surface area contributed by atoms with E-state index in [1.165, 1.54) is 0 Å². The second-order valence-corrected chi connectivity index (χ2v) is 4.93. The van der Waals surface area contributed by atoms with Gasteiger partial charge in [-0.1, -0.05) is 19.3 Å². The van der Waals surface area contributed by atoms with E-state index in [9.17, 15) is 9.90 Å². The van der Waals surface area contributed by atoms with Crippen molar-refractivity contribution in [2.45, 2.75) is 57.2 Å². The van der Waals surface area contributed by atoms with Crippen LogP contribution < -0.4 is 5.32 Å². The number of rotatable bonds is 4. The van der Waals surface area contributed by atoms with E-state index in [1.807, 2.05) is 10.8 Å². The lowest BCUT2D eigenvalue weighted by molar-refractivity contribution is -0.122. The van der Waals surface area contributed by atoms with Crippen molar-refractivity contribution < 1.29 is 9.90 Å². The van der Waals surface area contributed by atoms with Crippen LogP contribution in [0.3, 0.4) is 0 Å². The Bertz CT molecular complexity index is 364. The van der Waals surface area contributed by atoms with Gasteiger partial charge < -0.3 is 15.0 Å². The maximum Gasteiger partial charge on any atom is 0.222 e. The van der Waals surface area contributed by atoms with Gasteiger partial charge in [-0.2, -0.15) is 0 Å². The first-order valence-corrected chi connectivity index (χ1v) is 6.69. The fourth-order valence-corrected chi connectivity index (χ4v) is 2.39. The number of aliphatic hydroxyl groups is 1. The Morgan fingerprint density at radius 1 is 1.39 bits per heavy atom. The Morgan fingerprint density at radius 2 is 2.22 bits per heavy atom. The molecule has 0 saturated heterocycles. The van der Waals surface area contributed by atoms with E-state index in [-0.39, 0.29) is 18.1 Å². The summed E-state index contributed by atoms with van der Waals surface area (Å²) < 4.78 is 1.88. The Kier molecular flexibility index (Phi) is 4.75. The van der Waals surface area contributed by atoms with Crippen molar-refractivity contribution in [3.63, 3.8) is 0 Å². The molecule has 2 atom stereocenters. The first-order chi connectivity index (χ1) is 8.75. The number of hydrogen-bond donors (Lipinski definition) is 2. The third-order valence-corrected chi connectivity index (χ3v) is 3.48. The van der Waals surface area contributed by atoms with Gasteiger partial charge in [-0.15, -0.1) is 0 Å². The largest absolute Gasteiger partial charge is 0.391 e. The van der Waals surface area contributed by atoms with Crippen molar-refractivity contribution >= 4 is 5.91 Å². The second kappa shape index (κ2) is 6.54. The summed E-state index contributed by atoms with van der Waals surface area (Å²) in [6.07, 6.45) is 10.3. The van der Waals surface area contributed by atoms with Crippen molar-refractivity contribution in [3.8, 4) is 0 Å². The third kappa shape index (κ3) is 3.84. The van der Waals surface area contributed by atoms with Crippen LogP contribution >= 0.6 is 0 Å². The Labute approximate surface area is 107 Å². The van der Waals surface area contributed by atoms with Crippen LogP contribution in [0, 0.1) is 0 Å². The zero-order valence-electron chi connectivity index (χ0n) is 10.6. The highest BCUT2D eigenvalue weighted by atomic mass is 16.3. The van der Waals surface area contributed by atoms with Crippen molar-refractivity contribution in [1.29, 1.82) is 0 Å². The number of amides is 1. The van der Waals surface area contributed by atoms with Crippen LogP contribution in [0.4, 0.5) is 0 Å². The molecule has 1 aromatic rings. The number of carbonyl (C=O) groups excluding carboxylic acids is 1. The van der Waals surface area contributed by atoms with Crippen molar-refractivity contribution in [2.24, 2.45) is 0 Å². The molecule has 2 unspecified atom stereocenters. The molecule has 5 nitrogen and oxygen atoms in total. The van der Waals surface area contributed by atoms with Gasteiger partial charge in [0, 0.05) is 25.4 Å². The van der Waals surface area contributed by atoms with Crippen molar-refractivity contribution in [1.82, 2.24) is 14.9 Å². The van der Waals surface area contributed by atoms with Crippen LogP contribution in [0.1, 0.15) is 38.5 Å². The number of nitrogens with zero attached hydrogens (tertiary/aromatic N) is 2. The average molecular weight is 251 g/mol. The molecule has 0 aromatic carbocycles. The molecule has 2 rings (SSSR count). The van der Waals surface area contributed by atoms with Gasteiger partial charge in [-0.05, 0) is 12.8 Å². The molecule has 1 fully saturated rings. The number of aliphatic hydroxyl groups excluding tert-OH is 1. The van der Waals surface area contributed by atoms with Gasteiger partial charge in [0.05, 0.1) is 18.5 Å². The highest BCUT2D eigenvalue weighted by Gasteiger charge is 2.22. The first-order valence-electron chi connectivity index (χ1n) is 6.69. The van der Waals surface area contributed by atoms with Gasteiger partial charge in [-0.25, -0.2) is 4.98 Å². The minimum Gasteiger partial charge on any atom is -0.391 e. The molecule has 1 aliphatic rings. The van der Waals surface area contributed by atoms with E-state index in [1.54, 1.807) is 12.5 Å². The highest BCUT2D eigenvalue weighted by Crippen LogP contribution is 2.18. The summed E-state index contributed by atoms with van der Waals surface area (Å²) in [4.78, 5) is 15.7. The van der Waals surface area contributed by atoms with Gasteiger partial charge >= 0.3 is 0 Å². The molecule has 0 aliphatic heterocycles. The number of carbonyl (C=O) groups is 1. The van der Waals surface area contributed by atoms with Crippen molar-refractivity contribution in [3.05, 3.63) is 18.7 Å². The molecule has 0 radical (unpaired) electrons. The van der Waals surface area contributed by atoms with E-state index >= 15 is 0 Å². The van der Waals surface area contributed by atoms with Gasteiger partial charge in [-0.3, -0.25) is 4.79 Å². The predicted molar refractivity (Wildman–Crippen MR) is 67.9 cm³/mol.